The molecule has 0 saturated heterocycles. The number of amides is 1. The van der Waals surface area contributed by atoms with Crippen LogP contribution in [0.4, 0.5) is 5.69 Å². The number of benzene rings is 1. The first-order valence-electron chi connectivity index (χ1n) is 6.37. The Hall–Kier alpha value is -1.35. The van der Waals surface area contributed by atoms with Crippen LogP contribution in [0.2, 0.25) is 0 Å². The number of hydrogen-bond acceptors (Lipinski definition) is 2. The van der Waals surface area contributed by atoms with Gasteiger partial charge >= 0.3 is 0 Å². The molecule has 1 amide bonds. The summed E-state index contributed by atoms with van der Waals surface area (Å²) in [5, 5.41) is 0. The Bertz CT molecular complexity index is 403. The zero-order valence-corrected chi connectivity index (χ0v) is 10.4. The van der Waals surface area contributed by atoms with Crippen molar-refractivity contribution < 1.29 is 4.79 Å². The fourth-order valence-corrected chi connectivity index (χ4v) is 2.49. The van der Waals surface area contributed by atoms with Gasteiger partial charge in [0.05, 0.1) is 0 Å². The van der Waals surface area contributed by atoms with E-state index in [1.54, 1.807) is 0 Å². The molecule has 17 heavy (non-hydrogen) atoms. The van der Waals surface area contributed by atoms with Crippen molar-refractivity contribution >= 4 is 11.6 Å². The summed E-state index contributed by atoms with van der Waals surface area (Å²) in [6, 6.07) is 8.14. The van der Waals surface area contributed by atoms with Crippen LogP contribution >= 0.6 is 0 Å². The van der Waals surface area contributed by atoms with Crippen LogP contribution in [0, 0.1) is 0 Å². The highest BCUT2D eigenvalue weighted by Gasteiger charge is 2.26. The molecule has 0 fully saturated rings. The Labute approximate surface area is 103 Å². The SMILES string of the molecule is CCCC(=O)N1CCC(CN)c2ccccc21. The van der Waals surface area contributed by atoms with E-state index >= 15 is 0 Å². The second kappa shape index (κ2) is 5.32. The standard InChI is InChI=1S/C14H20N2O/c1-2-5-14(17)16-9-8-11(10-15)12-6-3-4-7-13(12)16/h3-4,6-7,11H,2,5,8-10,15H2,1H3. The Balaban J connectivity index is 2.31. The van der Waals surface area contributed by atoms with Crippen molar-refractivity contribution in [3.8, 4) is 0 Å². The van der Waals surface area contributed by atoms with Gasteiger partial charge in [0.25, 0.3) is 0 Å². The molecular formula is C14H20N2O. The molecule has 3 heteroatoms. The lowest BCUT2D eigenvalue weighted by molar-refractivity contribution is -0.118. The van der Waals surface area contributed by atoms with E-state index in [2.05, 4.69) is 6.07 Å². The van der Waals surface area contributed by atoms with E-state index in [-0.39, 0.29) is 5.91 Å². The van der Waals surface area contributed by atoms with Crippen LogP contribution in [0.3, 0.4) is 0 Å². The largest absolute Gasteiger partial charge is 0.330 e. The molecule has 0 radical (unpaired) electrons. The Morgan fingerprint density at radius 2 is 2.24 bits per heavy atom. The molecule has 1 aromatic carbocycles. The summed E-state index contributed by atoms with van der Waals surface area (Å²) in [7, 11) is 0. The van der Waals surface area contributed by atoms with Crippen LogP contribution < -0.4 is 10.6 Å². The summed E-state index contributed by atoms with van der Waals surface area (Å²) in [6.45, 7) is 3.50. The van der Waals surface area contributed by atoms with Crippen molar-refractivity contribution in [2.45, 2.75) is 32.1 Å². The van der Waals surface area contributed by atoms with Crippen LogP contribution in [0.15, 0.2) is 24.3 Å². The van der Waals surface area contributed by atoms with Gasteiger partial charge in [0.15, 0.2) is 0 Å². The molecule has 0 aliphatic carbocycles. The maximum atomic E-state index is 12.1. The zero-order chi connectivity index (χ0) is 12.3. The van der Waals surface area contributed by atoms with E-state index in [4.69, 9.17) is 5.73 Å². The van der Waals surface area contributed by atoms with Gasteiger partial charge < -0.3 is 10.6 Å². The zero-order valence-electron chi connectivity index (χ0n) is 10.4. The predicted molar refractivity (Wildman–Crippen MR) is 70.1 cm³/mol. The second-order valence-electron chi connectivity index (χ2n) is 4.58. The first-order valence-corrected chi connectivity index (χ1v) is 6.37. The molecule has 1 aliphatic rings. The van der Waals surface area contributed by atoms with Gasteiger partial charge in [-0.2, -0.15) is 0 Å². The molecule has 1 heterocycles. The minimum atomic E-state index is 0.232. The number of nitrogens with zero attached hydrogens (tertiary/aromatic N) is 1. The number of para-hydroxylation sites is 1. The Morgan fingerprint density at radius 1 is 1.47 bits per heavy atom. The van der Waals surface area contributed by atoms with Gasteiger partial charge in [0.1, 0.15) is 0 Å². The summed E-state index contributed by atoms with van der Waals surface area (Å²) in [5.41, 5.74) is 8.09. The lowest BCUT2D eigenvalue weighted by Gasteiger charge is -2.34. The molecule has 1 atom stereocenters. The predicted octanol–water partition coefficient (Wildman–Crippen LogP) is 2.27. The molecule has 0 aromatic heterocycles. The van der Waals surface area contributed by atoms with Crippen LogP contribution in [0.25, 0.3) is 0 Å². The Morgan fingerprint density at radius 3 is 2.94 bits per heavy atom. The smallest absolute Gasteiger partial charge is 0.226 e. The Kier molecular flexibility index (Phi) is 3.79. The van der Waals surface area contributed by atoms with Gasteiger partial charge in [-0.15, -0.1) is 0 Å². The van der Waals surface area contributed by atoms with E-state index in [1.165, 1.54) is 5.56 Å². The summed E-state index contributed by atoms with van der Waals surface area (Å²) < 4.78 is 0. The highest BCUT2D eigenvalue weighted by Crippen LogP contribution is 2.34. The molecular weight excluding hydrogens is 212 g/mol. The molecule has 3 nitrogen and oxygen atoms in total. The molecule has 0 saturated carbocycles. The lowest BCUT2D eigenvalue weighted by atomic mass is 9.90. The van der Waals surface area contributed by atoms with E-state index in [0.29, 0.717) is 18.9 Å². The molecule has 1 unspecified atom stereocenters. The number of carbonyl (C=O) groups is 1. The van der Waals surface area contributed by atoms with Crippen LogP contribution in [0.1, 0.15) is 37.7 Å². The third-order valence-electron chi connectivity index (χ3n) is 3.42. The summed E-state index contributed by atoms with van der Waals surface area (Å²) in [6.07, 6.45) is 2.50. The average Bonchev–Trinajstić information content (AvgIpc) is 2.37. The monoisotopic (exact) mass is 232 g/mol. The maximum absolute atomic E-state index is 12.1. The van der Waals surface area contributed by atoms with Gasteiger partial charge in [-0.25, -0.2) is 0 Å². The van der Waals surface area contributed by atoms with Crippen molar-refractivity contribution in [1.29, 1.82) is 0 Å². The van der Waals surface area contributed by atoms with Crippen LogP contribution in [0.5, 0.6) is 0 Å². The maximum Gasteiger partial charge on any atom is 0.226 e. The number of carbonyl (C=O) groups excluding carboxylic acids is 1. The van der Waals surface area contributed by atoms with Crippen molar-refractivity contribution in [2.75, 3.05) is 18.0 Å². The normalized spacial score (nSPS) is 18.9. The van der Waals surface area contributed by atoms with E-state index in [1.807, 2.05) is 30.0 Å². The summed E-state index contributed by atoms with van der Waals surface area (Å²) >= 11 is 0. The van der Waals surface area contributed by atoms with Crippen molar-refractivity contribution in [2.24, 2.45) is 5.73 Å². The summed E-state index contributed by atoms with van der Waals surface area (Å²) in [5.74, 6) is 0.632. The number of rotatable bonds is 3. The van der Waals surface area contributed by atoms with Crippen LogP contribution in [-0.2, 0) is 4.79 Å². The molecule has 92 valence electrons. The van der Waals surface area contributed by atoms with Gasteiger partial charge in [-0.1, -0.05) is 25.1 Å². The number of fused-ring (bicyclic) bond motifs is 1. The lowest BCUT2D eigenvalue weighted by Crippen LogP contribution is -2.37. The van der Waals surface area contributed by atoms with Crippen LogP contribution in [-0.4, -0.2) is 19.0 Å². The van der Waals surface area contributed by atoms with Gasteiger partial charge in [0.2, 0.25) is 5.91 Å². The van der Waals surface area contributed by atoms with E-state index in [9.17, 15) is 4.79 Å². The fourth-order valence-electron chi connectivity index (χ4n) is 2.49. The molecule has 0 bridgehead atoms. The quantitative estimate of drug-likeness (QED) is 0.869. The highest BCUT2D eigenvalue weighted by atomic mass is 16.2. The first-order chi connectivity index (χ1) is 8.27. The summed E-state index contributed by atoms with van der Waals surface area (Å²) in [4.78, 5) is 14.0. The van der Waals surface area contributed by atoms with Crippen molar-refractivity contribution in [3.05, 3.63) is 29.8 Å². The average molecular weight is 232 g/mol. The van der Waals surface area contributed by atoms with Crippen molar-refractivity contribution in [1.82, 2.24) is 0 Å². The van der Waals surface area contributed by atoms with Gasteiger partial charge in [-0.05, 0) is 36.9 Å². The van der Waals surface area contributed by atoms with E-state index < -0.39 is 0 Å². The minimum absolute atomic E-state index is 0.232. The highest BCUT2D eigenvalue weighted by molar-refractivity contribution is 5.94. The first kappa shape index (κ1) is 12.1. The second-order valence-corrected chi connectivity index (χ2v) is 4.58. The third-order valence-corrected chi connectivity index (χ3v) is 3.42. The van der Waals surface area contributed by atoms with Crippen molar-refractivity contribution in [3.63, 3.8) is 0 Å². The van der Waals surface area contributed by atoms with Gasteiger partial charge in [0, 0.05) is 18.7 Å². The molecule has 2 rings (SSSR count). The molecule has 1 aliphatic heterocycles. The topological polar surface area (TPSA) is 46.3 Å². The minimum Gasteiger partial charge on any atom is -0.330 e. The number of nitrogens with two attached hydrogens (primary N) is 1. The van der Waals surface area contributed by atoms with E-state index in [0.717, 1.165) is 25.1 Å². The molecule has 2 N–H and O–H groups in total. The molecule has 1 aromatic rings. The van der Waals surface area contributed by atoms with Gasteiger partial charge in [-0.3, -0.25) is 4.79 Å². The number of hydrogen-bond donors (Lipinski definition) is 1. The fraction of sp³-hybridized carbons (Fsp3) is 0.500. The third kappa shape index (κ3) is 2.34. The molecule has 0 spiro atoms. The number of anilines is 1.